The van der Waals surface area contributed by atoms with Crippen LogP contribution in [0.3, 0.4) is 0 Å². The molecule has 6 nitrogen and oxygen atoms in total. The second-order valence-corrected chi connectivity index (χ2v) is 17.8. The summed E-state index contributed by atoms with van der Waals surface area (Å²) < 4.78 is 16.4. The van der Waals surface area contributed by atoms with E-state index < -0.39 is 24.0 Å². The summed E-state index contributed by atoms with van der Waals surface area (Å²) in [7, 11) is 0. The summed E-state index contributed by atoms with van der Waals surface area (Å²) >= 11 is 0. The molecule has 0 saturated carbocycles. The molecule has 0 saturated heterocycles. The van der Waals surface area contributed by atoms with Gasteiger partial charge < -0.3 is 14.2 Å². The molecular formula is C63H98O6. The highest BCUT2D eigenvalue weighted by molar-refractivity contribution is 5.83. The first-order valence-electron chi connectivity index (χ1n) is 27.6. The standard InChI is InChI=1S/C63H98O6/c1-4-7-10-13-16-19-22-25-27-29-31-33-35-38-40-43-46-49-52-55-61(64)67-58-60(69-63(66)57-54-51-48-45-42-37-24-21-18-15-12-9-6-3)59-68-62(65)56-53-50-47-44-41-39-36-34-32-30-28-26-23-20-17-14-11-8-5-2/h27-36,38-41,43-44,46-47,49-50,52-53,55-56,60H,4-26,37,42,45,48,51,54,57-59H2,1-3H3/b29-27+,30-28+,33-31+,34-32+,38-35+,39-36+,43-40+,44-41+,49-46+,50-47+,55-52+,56-53+. The van der Waals surface area contributed by atoms with Gasteiger partial charge in [0.2, 0.25) is 0 Å². The zero-order valence-corrected chi connectivity index (χ0v) is 44.0. The summed E-state index contributed by atoms with van der Waals surface area (Å²) in [4.78, 5) is 37.8. The minimum absolute atomic E-state index is 0.232. The molecule has 0 amide bonds. The summed E-state index contributed by atoms with van der Waals surface area (Å²) in [6.45, 7) is 6.29. The smallest absolute Gasteiger partial charge is 0.330 e. The Morgan fingerprint density at radius 2 is 0.580 bits per heavy atom. The number of hydrogen-bond donors (Lipinski definition) is 0. The number of hydrogen-bond acceptors (Lipinski definition) is 6. The molecule has 0 aliphatic carbocycles. The Hall–Kier alpha value is -4.71. The van der Waals surface area contributed by atoms with Crippen LogP contribution in [0.25, 0.3) is 0 Å². The van der Waals surface area contributed by atoms with Gasteiger partial charge in [-0.05, 0) is 32.1 Å². The van der Waals surface area contributed by atoms with Crippen molar-refractivity contribution in [3.63, 3.8) is 0 Å². The minimum Gasteiger partial charge on any atom is -0.458 e. The van der Waals surface area contributed by atoms with E-state index in [9.17, 15) is 14.4 Å². The van der Waals surface area contributed by atoms with Gasteiger partial charge in [0.1, 0.15) is 13.2 Å². The normalized spacial score (nSPS) is 12.9. The Balaban J connectivity index is 4.80. The fraction of sp³-hybridized carbons (Fsp3) is 0.571. The summed E-state index contributed by atoms with van der Waals surface area (Å²) in [6.07, 6.45) is 81.0. The summed E-state index contributed by atoms with van der Waals surface area (Å²) in [5.41, 5.74) is 0. The number of carbonyl (C=O) groups excluding carboxylic acids is 3. The van der Waals surface area contributed by atoms with Crippen LogP contribution in [0, 0.1) is 0 Å². The van der Waals surface area contributed by atoms with Crippen molar-refractivity contribution >= 4 is 17.9 Å². The fourth-order valence-corrected chi connectivity index (χ4v) is 7.18. The van der Waals surface area contributed by atoms with Gasteiger partial charge in [0, 0.05) is 18.6 Å². The van der Waals surface area contributed by atoms with Crippen LogP contribution in [-0.4, -0.2) is 37.2 Å². The Bertz CT molecular complexity index is 1470. The predicted molar refractivity (Wildman–Crippen MR) is 297 cm³/mol. The van der Waals surface area contributed by atoms with E-state index in [1.165, 1.54) is 166 Å². The molecule has 69 heavy (non-hydrogen) atoms. The number of unbranched alkanes of at least 4 members (excludes halogenated alkanes) is 26. The van der Waals surface area contributed by atoms with Crippen molar-refractivity contribution in [3.8, 4) is 0 Å². The maximum Gasteiger partial charge on any atom is 0.330 e. The first-order chi connectivity index (χ1) is 34.0. The number of rotatable bonds is 47. The number of carbonyl (C=O) groups is 3. The van der Waals surface area contributed by atoms with Crippen LogP contribution in [0.5, 0.6) is 0 Å². The molecular weight excluding hydrogens is 853 g/mol. The molecule has 6 heteroatoms. The Kier molecular flexibility index (Phi) is 52.1. The predicted octanol–water partition coefficient (Wildman–Crippen LogP) is 18.4. The summed E-state index contributed by atoms with van der Waals surface area (Å²) in [5, 5.41) is 0. The van der Waals surface area contributed by atoms with E-state index >= 15 is 0 Å². The highest BCUT2D eigenvalue weighted by Gasteiger charge is 2.18. The Morgan fingerprint density at radius 1 is 0.319 bits per heavy atom. The second-order valence-electron chi connectivity index (χ2n) is 17.8. The topological polar surface area (TPSA) is 78.9 Å². The highest BCUT2D eigenvalue weighted by Crippen LogP contribution is 2.14. The molecule has 0 aliphatic heterocycles. The van der Waals surface area contributed by atoms with Gasteiger partial charge in [0.15, 0.2) is 6.10 Å². The average Bonchev–Trinajstić information content (AvgIpc) is 3.35. The fourth-order valence-electron chi connectivity index (χ4n) is 7.18. The van der Waals surface area contributed by atoms with E-state index in [4.69, 9.17) is 14.2 Å². The minimum atomic E-state index is -0.922. The van der Waals surface area contributed by atoms with Crippen molar-refractivity contribution in [2.75, 3.05) is 13.2 Å². The molecule has 0 fully saturated rings. The second kappa shape index (κ2) is 55.9. The number of allylic oxidation sites excluding steroid dienone is 22. The third kappa shape index (κ3) is 54.1. The van der Waals surface area contributed by atoms with Gasteiger partial charge in [0.25, 0.3) is 0 Å². The molecule has 386 valence electrons. The lowest BCUT2D eigenvalue weighted by Crippen LogP contribution is -2.30. The van der Waals surface area contributed by atoms with Crippen molar-refractivity contribution in [1.82, 2.24) is 0 Å². The van der Waals surface area contributed by atoms with E-state index in [-0.39, 0.29) is 19.6 Å². The molecule has 0 aromatic heterocycles. The van der Waals surface area contributed by atoms with Gasteiger partial charge in [-0.2, -0.15) is 0 Å². The van der Waals surface area contributed by atoms with Crippen molar-refractivity contribution in [3.05, 3.63) is 146 Å². The largest absolute Gasteiger partial charge is 0.458 e. The van der Waals surface area contributed by atoms with Gasteiger partial charge in [-0.3, -0.25) is 4.79 Å². The lowest BCUT2D eigenvalue weighted by molar-refractivity contribution is -0.164. The van der Waals surface area contributed by atoms with Crippen LogP contribution < -0.4 is 0 Å². The van der Waals surface area contributed by atoms with Gasteiger partial charge in [0.05, 0.1) is 0 Å². The first-order valence-corrected chi connectivity index (χ1v) is 27.6. The van der Waals surface area contributed by atoms with Crippen LogP contribution >= 0.6 is 0 Å². The lowest BCUT2D eigenvalue weighted by atomic mass is 10.0. The summed E-state index contributed by atoms with van der Waals surface area (Å²) in [6, 6.07) is 0. The van der Waals surface area contributed by atoms with E-state index in [2.05, 4.69) is 45.1 Å². The quantitative estimate of drug-likeness (QED) is 0.0199. The van der Waals surface area contributed by atoms with Crippen molar-refractivity contribution in [2.45, 2.75) is 219 Å². The molecule has 0 aromatic carbocycles. The average molecular weight is 951 g/mol. The molecule has 0 aliphatic rings. The Morgan fingerprint density at radius 3 is 0.899 bits per heavy atom. The third-order valence-corrected chi connectivity index (χ3v) is 11.3. The van der Waals surface area contributed by atoms with Crippen LogP contribution in [0.4, 0.5) is 0 Å². The van der Waals surface area contributed by atoms with Crippen LogP contribution in [0.15, 0.2) is 146 Å². The van der Waals surface area contributed by atoms with Gasteiger partial charge in [-0.25, -0.2) is 9.59 Å². The van der Waals surface area contributed by atoms with Crippen molar-refractivity contribution < 1.29 is 28.6 Å². The highest BCUT2D eigenvalue weighted by atomic mass is 16.6. The van der Waals surface area contributed by atoms with Gasteiger partial charge >= 0.3 is 17.9 Å². The molecule has 0 N–H and O–H groups in total. The van der Waals surface area contributed by atoms with Crippen LogP contribution in [0.1, 0.15) is 213 Å². The first kappa shape index (κ1) is 64.3. The van der Waals surface area contributed by atoms with Crippen LogP contribution in [0.2, 0.25) is 0 Å². The monoisotopic (exact) mass is 951 g/mol. The molecule has 0 unspecified atom stereocenters. The lowest BCUT2D eigenvalue weighted by Gasteiger charge is -2.17. The third-order valence-electron chi connectivity index (χ3n) is 11.3. The zero-order valence-electron chi connectivity index (χ0n) is 44.0. The van der Waals surface area contributed by atoms with Crippen molar-refractivity contribution in [2.24, 2.45) is 0 Å². The summed E-state index contributed by atoms with van der Waals surface area (Å²) in [5.74, 6) is -1.58. The maximum atomic E-state index is 12.8. The molecule has 0 atom stereocenters. The van der Waals surface area contributed by atoms with Gasteiger partial charge in [-0.15, -0.1) is 0 Å². The zero-order chi connectivity index (χ0) is 50.0. The maximum absolute atomic E-state index is 12.8. The van der Waals surface area contributed by atoms with E-state index in [1.807, 2.05) is 85.1 Å². The molecule has 0 radical (unpaired) electrons. The molecule has 0 aromatic rings. The van der Waals surface area contributed by atoms with Gasteiger partial charge in [-0.1, -0.05) is 309 Å². The molecule has 0 bridgehead atoms. The number of esters is 3. The SMILES string of the molecule is CCCCCCCCC/C=C/C=C/C=C/C=C/C=C/C=C/C(=O)OCC(COC(=O)/C=C/C=C/C=C/C=C/C=C/C=C/CCCCCCCCC)OC(=O)CCCCCCCCCCCCCCC. The number of ether oxygens (including phenoxy) is 3. The van der Waals surface area contributed by atoms with Crippen LogP contribution in [-0.2, 0) is 28.6 Å². The van der Waals surface area contributed by atoms with E-state index in [0.717, 1.165) is 32.1 Å². The van der Waals surface area contributed by atoms with Crippen molar-refractivity contribution in [1.29, 1.82) is 0 Å². The van der Waals surface area contributed by atoms with E-state index in [1.54, 1.807) is 24.3 Å². The molecule has 0 rings (SSSR count). The molecule has 0 spiro atoms. The Labute approximate surface area is 423 Å². The van der Waals surface area contributed by atoms with E-state index in [0.29, 0.717) is 0 Å². The molecule has 0 heterocycles.